The minimum Gasteiger partial charge on any atom is -0.497 e. The van der Waals surface area contributed by atoms with Crippen LogP contribution in [0.5, 0.6) is 11.5 Å². The number of carbonyl (C=O) groups is 1. The fraction of sp³-hybridized carbons (Fsp3) is 0.200. The van der Waals surface area contributed by atoms with Crippen molar-refractivity contribution >= 4 is 28.9 Å². The molecular formula is C20H18ClNO4S. The van der Waals surface area contributed by atoms with Gasteiger partial charge in [-0.05, 0) is 55.5 Å². The molecular weight excluding hydrogens is 386 g/mol. The van der Waals surface area contributed by atoms with Gasteiger partial charge < -0.3 is 14.2 Å². The lowest BCUT2D eigenvalue weighted by Crippen LogP contribution is -2.07. The summed E-state index contributed by atoms with van der Waals surface area (Å²) in [5.41, 5.74) is 1.43. The largest absolute Gasteiger partial charge is 0.497 e. The van der Waals surface area contributed by atoms with Gasteiger partial charge in [0.1, 0.15) is 33.7 Å². The lowest BCUT2D eigenvalue weighted by Gasteiger charge is -2.06. The third kappa shape index (κ3) is 4.78. The first-order chi connectivity index (χ1) is 13.1. The monoisotopic (exact) mass is 403 g/mol. The number of methoxy groups -OCH3 is 1. The molecule has 0 N–H and O–H groups in total. The molecule has 5 nitrogen and oxygen atoms in total. The molecule has 3 rings (SSSR count). The topological polar surface area (TPSA) is 57.7 Å². The van der Waals surface area contributed by atoms with E-state index in [1.165, 1.54) is 11.3 Å². The molecule has 3 aromatic rings. The molecule has 0 aliphatic heterocycles. The average Bonchev–Trinajstić information content (AvgIpc) is 3.12. The van der Waals surface area contributed by atoms with Crippen molar-refractivity contribution in [2.24, 2.45) is 0 Å². The maximum absolute atomic E-state index is 12.3. The lowest BCUT2D eigenvalue weighted by atomic mass is 10.2. The van der Waals surface area contributed by atoms with Gasteiger partial charge in [-0.3, -0.25) is 0 Å². The zero-order valence-electron chi connectivity index (χ0n) is 14.9. The van der Waals surface area contributed by atoms with Crippen molar-refractivity contribution in [1.29, 1.82) is 0 Å². The Morgan fingerprint density at radius 1 is 1.07 bits per heavy atom. The molecule has 0 saturated heterocycles. The van der Waals surface area contributed by atoms with Gasteiger partial charge in [0, 0.05) is 10.6 Å². The first-order valence-corrected chi connectivity index (χ1v) is 9.49. The van der Waals surface area contributed by atoms with Crippen LogP contribution in [0, 0.1) is 0 Å². The summed E-state index contributed by atoms with van der Waals surface area (Å²) in [6.45, 7) is 2.22. The van der Waals surface area contributed by atoms with Gasteiger partial charge in [-0.15, -0.1) is 11.3 Å². The summed E-state index contributed by atoms with van der Waals surface area (Å²) in [7, 11) is 1.61. The minimum atomic E-state index is -0.399. The first-order valence-electron chi connectivity index (χ1n) is 8.30. The highest BCUT2D eigenvalue weighted by atomic mass is 35.5. The van der Waals surface area contributed by atoms with Crippen molar-refractivity contribution < 1.29 is 19.0 Å². The van der Waals surface area contributed by atoms with E-state index in [0.717, 1.165) is 16.3 Å². The average molecular weight is 404 g/mol. The number of benzene rings is 2. The van der Waals surface area contributed by atoms with E-state index in [1.54, 1.807) is 38.3 Å². The summed E-state index contributed by atoms with van der Waals surface area (Å²) in [4.78, 5) is 17.4. The number of ether oxygens (including phenoxy) is 3. The Bertz CT molecular complexity index is 907. The zero-order chi connectivity index (χ0) is 19.2. The number of aromatic nitrogens is 1. The minimum absolute atomic E-state index is 0.155. The molecule has 1 aromatic heterocycles. The Balaban J connectivity index is 1.86. The van der Waals surface area contributed by atoms with Crippen molar-refractivity contribution in [3.63, 3.8) is 0 Å². The maximum atomic E-state index is 12.3. The van der Waals surface area contributed by atoms with E-state index in [9.17, 15) is 4.79 Å². The Morgan fingerprint density at radius 3 is 2.37 bits per heavy atom. The summed E-state index contributed by atoms with van der Waals surface area (Å²) < 4.78 is 16.1. The first kappa shape index (κ1) is 19.2. The summed E-state index contributed by atoms with van der Waals surface area (Å²) in [5, 5.41) is 1.35. The molecule has 0 saturated carbocycles. The van der Waals surface area contributed by atoms with Crippen LogP contribution in [0.15, 0.2) is 48.5 Å². The van der Waals surface area contributed by atoms with Gasteiger partial charge in [-0.25, -0.2) is 9.78 Å². The Morgan fingerprint density at radius 2 is 1.74 bits per heavy atom. The van der Waals surface area contributed by atoms with Gasteiger partial charge in [0.05, 0.1) is 13.7 Å². The van der Waals surface area contributed by atoms with Crippen molar-refractivity contribution in [3.05, 3.63) is 64.1 Å². The van der Waals surface area contributed by atoms with E-state index >= 15 is 0 Å². The van der Waals surface area contributed by atoms with E-state index in [4.69, 9.17) is 25.8 Å². The fourth-order valence-corrected chi connectivity index (χ4v) is 3.44. The number of nitrogens with zero attached hydrogens (tertiary/aromatic N) is 1. The number of halogens is 1. The molecule has 0 aliphatic rings. The fourth-order valence-electron chi connectivity index (χ4n) is 2.35. The van der Waals surface area contributed by atoms with E-state index in [2.05, 4.69) is 4.98 Å². The maximum Gasteiger partial charge on any atom is 0.350 e. The third-order valence-electron chi connectivity index (χ3n) is 3.68. The molecule has 27 heavy (non-hydrogen) atoms. The SMILES string of the molecule is CCOC(=O)c1sc(-c2ccc(OC)cc2)nc1COc1ccc(Cl)cc1. The van der Waals surface area contributed by atoms with Gasteiger partial charge in [-0.2, -0.15) is 0 Å². The van der Waals surface area contributed by atoms with E-state index in [0.29, 0.717) is 28.0 Å². The Kier molecular flexibility index (Phi) is 6.32. The van der Waals surface area contributed by atoms with Gasteiger partial charge in [0.25, 0.3) is 0 Å². The number of rotatable bonds is 7. The molecule has 140 valence electrons. The molecule has 0 radical (unpaired) electrons. The van der Waals surface area contributed by atoms with Crippen LogP contribution in [0.3, 0.4) is 0 Å². The van der Waals surface area contributed by atoms with E-state index < -0.39 is 5.97 Å². The van der Waals surface area contributed by atoms with Crippen LogP contribution in [0.1, 0.15) is 22.3 Å². The van der Waals surface area contributed by atoms with E-state index in [1.807, 2.05) is 24.3 Å². The molecule has 0 bridgehead atoms. The lowest BCUT2D eigenvalue weighted by molar-refractivity contribution is 0.0529. The molecule has 0 aliphatic carbocycles. The second kappa shape index (κ2) is 8.88. The third-order valence-corrected chi connectivity index (χ3v) is 5.06. The normalized spacial score (nSPS) is 10.5. The molecule has 0 unspecified atom stereocenters. The number of hydrogen-bond acceptors (Lipinski definition) is 6. The second-order valence-corrected chi connectivity index (χ2v) is 6.92. The van der Waals surface area contributed by atoms with Crippen LogP contribution >= 0.6 is 22.9 Å². The van der Waals surface area contributed by atoms with Crippen molar-refractivity contribution in [2.75, 3.05) is 13.7 Å². The van der Waals surface area contributed by atoms with Gasteiger partial charge in [0.2, 0.25) is 0 Å². The highest BCUT2D eigenvalue weighted by Gasteiger charge is 2.20. The van der Waals surface area contributed by atoms with Crippen molar-refractivity contribution in [2.45, 2.75) is 13.5 Å². The summed E-state index contributed by atoms with van der Waals surface area (Å²) in [6.07, 6.45) is 0. The van der Waals surface area contributed by atoms with Gasteiger partial charge in [-0.1, -0.05) is 11.6 Å². The number of thiazole rings is 1. The van der Waals surface area contributed by atoms with Gasteiger partial charge in [0.15, 0.2) is 0 Å². The summed E-state index contributed by atoms with van der Waals surface area (Å²) in [6, 6.07) is 14.5. The standard InChI is InChI=1S/C20H18ClNO4S/c1-3-25-20(23)18-17(12-26-16-10-6-14(21)7-11-16)22-19(27-18)13-4-8-15(24-2)9-5-13/h4-11H,3,12H2,1-2H3. The molecule has 2 aromatic carbocycles. The summed E-state index contributed by atoms with van der Waals surface area (Å²) in [5.74, 6) is 1.00. The second-order valence-electron chi connectivity index (χ2n) is 5.49. The van der Waals surface area contributed by atoms with Crippen LogP contribution in [-0.2, 0) is 11.3 Å². The number of esters is 1. The zero-order valence-corrected chi connectivity index (χ0v) is 16.5. The Hall–Kier alpha value is -2.57. The van der Waals surface area contributed by atoms with Crippen LogP contribution < -0.4 is 9.47 Å². The predicted molar refractivity (Wildman–Crippen MR) is 106 cm³/mol. The number of carbonyl (C=O) groups excluding carboxylic acids is 1. The molecule has 0 spiro atoms. The Labute approximate surface area is 166 Å². The highest BCUT2D eigenvalue weighted by Crippen LogP contribution is 2.31. The molecule has 0 amide bonds. The van der Waals surface area contributed by atoms with E-state index in [-0.39, 0.29) is 6.61 Å². The van der Waals surface area contributed by atoms with Gasteiger partial charge >= 0.3 is 5.97 Å². The summed E-state index contributed by atoms with van der Waals surface area (Å²) >= 11 is 7.17. The molecule has 1 heterocycles. The predicted octanol–water partition coefficient (Wildman–Crippen LogP) is 5.23. The number of hydrogen-bond donors (Lipinski definition) is 0. The van der Waals surface area contributed by atoms with Crippen LogP contribution in [-0.4, -0.2) is 24.7 Å². The smallest absolute Gasteiger partial charge is 0.350 e. The van der Waals surface area contributed by atoms with Crippen LogP contribution in [0.4, 0.5) is 0 Å². The quantitative estimate of drug-likeness (QED) is 0.505. The van der Waals surface area contributed by atoms with Crippen molar-refractivity contribution in [3.8, 4) is 22.1 Å². The molecule has 0 atom stereocenters. The molecule has 7 heteroatoms. The van der Waals surface area contributed by atoms with Crippen LogP contribution in [0.25, 0.3) is 10.6 Å². The van der Waals surface area contributed by atoms with Crippen molar-refractivity contribution in [1.82, 2.24) is 4.98 Å². The highest BCUT2D eigenvalue weighted by molar-refractivity contribution is 7.17. The molecule has 0 fully saturated rings. The van der Waals surface area contributed by atoms with Crippen LogP contribution in [0.2, 0.25) is 5.02 Å².